The summed E-state index contributed by atoms with van der Waals surface area (Å²) in [7, 11) is 0. The average molecular weight is 297 g/mol. The van der Waals surface area contributed by atoms with E-state index in [1.54, 1.807) is 6.07 Å². The van der Waals surface area contributed by atoms with Crippen molar-refractivity contribution in [2.45, 2.75) is 19.5 Å². The van der Waals surface area contributed by atoms with Crippen LogP contribution < -0.4 is 15.2 Å². The maximum atomic E-state index is 12.3. The summed E-state index contributed by atoms with van der Waals surface area (Å²) < 4.78 is 46.1. The lowest BCUT2D eigenvalue weighted by atomic mass is 10.1. The summed E-state index contributed by atoms with van der Waals surface area (Å²) in [5.41, 5.74) is 7.29. The zero-order valence-electron chi connectivity index (χ0n) is 11.1. The molecule has 2 N–H and O–H groups in total. The van der Waals surface area contributed by atoms with Crippen molar-refractivity contribution in [1.29, 1.82) is 0 Å². The van der Waals surface area contributed by atoms with E-state index in [1.165, 1.54) is 18.2 Å². The highest BCUT2D eigenvalue weighted by molar-refractivity contribution is 5.39. The van der Waals surface area contributed by atoms with Crippen LogP contribution in [0.5, 0.6) is 11.5 Å². The smallest absolute Gasteiger partial charge is 0.485 e. The summed E-state index contributed by atoms with van der Waals surface area (Å²) in [6.07, 6.45) is -4.75. The number of rotatable bonds is 5. The molecule has 0 aliphatic rings. The molecule has 0 fully saturated rings. The Bertz CT molecular complexity index is 582. The van der Waals surface area contributed by atoms with E-state index in [-0.39, 0.29) is 18.1 Å². The molecule has 0 spiro atoms. The number of para-hydroxylation sites is 2. The molecule has 0 saturated heterocycles. The van der Waals surface area contributed by atoms with Crippen LogP contribution in [0.15, 0.2) is 48.5 Å². The molecule has 0 radical (unpaired) electrons. The summed E-state index contributed by atoms with van der Waals surface area (Å²) >= 11 is 0. The SMILES string of the molecule is NCc1ccc(COc2ccccc2OC(F)(F)F)cc1. The Morgan fingerprint density at radius 3 is 2.00 bits per heavy atom. The zero-order valence-corrected chi connectivity index (χ0v) is 11.1. The van der Waals surface area contributed by atoms with E-state index >= 15 is 0 Å². The van der Waals surface area contributed by atoms with E-state index < -0.39 is 6.36 Å². The molecule has 2 aromatic carbocycles. The molecular formula is C15H14F3NO2. The summed E-state index contributed by atoms with van der Waals surface area (Å²) in [6, 6.07) is 13.0. The predicted octanol–water partition coefficient (Wildman–Crippen LogP) is 3.62. The van der Waals surface area contributed by atoms with Crippen molar-refractivity contribution in [3.05, 3.63) is 59.7 Å². The fourth-order valence-electron chi connectivity index (χ4n) is 1.71. The minimum Gasteiger partial charge on any atom is -0.485 e. The average Bonchev–Trinajstić information content (AvgIpc) is 2.45. The molecule has 0 aliphatic carbocycles. The highest BCUT2D eigenvalue weighted by Gasteiger charge is 2.32. The van der Waals surface area contributed by atoms with Gasteiger partial charge in [0, 0.05) is 6.54 Å². The van der Waals surface area contributed by atoms with E-state index in [0.29, 0.717) is 6.54 Å². The third-order valence-electron chi connectivity index (χ3n) is 2.73. The lowest BCUT2D eigenvalue weighted by Crippen LogP contribution is -2.17. The van der Waals surface area contributed by atoms with Gasteiger partial charge >= 0.3 is 6.36 Å². The number of nitrogens with two attached hydrogens (primary N) is 1. The van der Waals surface area contributed by atoms with Crippen molar-refractivity contribution in [2.24, 2.45) is 5.73 Å². The minimum atomic E-state index is -4.75. The number of benzene rings is 2. The molecule has 3 nitrogen and oxygen atoms in total. The summed E-state index contributed by atoms with van der Waals surface area (Å²) in [4.78, 5) is 0. The molecule has 0 aliphatic heterocycles. The maximum absolute atomic E-state index is 12.3. The molecule has 0 bridgehead atoms. The van der Waals surface area contributed by atoms with Crippen LogP contribution in [0.1, 0.15) is 11.1 Å². The fourth-order valence-corrected chi connectivity index (χ4v) is 1.71. The Morgan fingerprint density at radius 1 is 0.857 bits per heavy atom. The molecule has 0 atom stereocenters. The molecule has 21 heavy (non-hydrogen) atoms. The van der Waals surface area contributed by atoms with Crippen LogP contribution >= 0.6 is 0 Å². The highest BCUT2D eigenvalue weighted by Crippen LogP contribution is 2.32. The van der Waals surface area contributed by atoms with E-state index in [4.69, 9.17) is 10.5 Å². The lowest BCUT2D eigenvalue weighted by Gasteiger charge is -2.14. The van der Waals surface area contributed by atoms with Crippen molar-refractivity contribution < 1.29 is 22.6 Å². The van der Waals surface area contributed by atoms with Crippen LogP contribution in [-0.2, 0) is 13.2 Å². The van der Waals surface area contributed by atoms with E-state index in [2.05, 4.69) is 4.74 Å². The molecule has 2 aromatic rings. The Balaban J connectivity index is 2.05. The quantitative estimate of drug-likeness (QED) is 0.916. The van der Waals surface area contributed by atoms with Gasteiger partial charge in [0.2, 0.25) is 0 Å². The molecule has 0 unspecified atom stereocenters. The van der Waals surface area contributed by atoms with Gasteiger partial charge in [-0.15, -0.1) is 13.2 Å². The van der Waals surface area contributed by atoms with Crippen LogP contribution in [-0.4, -0.2) is 6.36 Å². The molecule has 0 heterocycles. The van der Waals surface area contributed by atoms with Gasteiger partial charge in [0.1, 0.15) is 6.61 Å². The van der Waals surface area contributed by atoms with E-state index in [0.717, 1.165) is 11.1 Å². The summed E-state index contributed by atoms with van der Waals surface area (Å²) in [6.45, 7) is 0.576. The first-order valence-corrected chi connectivity index (χ1v) is 6.23. The maximum Gasteiger partial charge on any atom is 0.573 e. The monoisotopic (exact) mass is 297 g/mol. The van der Waals surface area contributed by atoms with Crippen LogP contribution in [0.3, 0.4) is 0 Å². The number of ether oxygens (including phenoxy) is 2. The first-order chi connectivity index (χ1) is 9.98. The van der Waals surface area contributed by atoms with Crippen molar-refractivity contribution in [3.63, 3.8) is 0 Å². The minimum absolute atomic E-state index is 0.0396. The first kappa shape index (κ1) is 15.2. The fraction of sp³-hybridized carbons (Fsp3) is 0.200. The van der Waals surface area contributed by atoms with Crippen LogP contribution in [0.25, 0.3) is 0 Å². The third kappa shape index (κ3) is 4.68. The second-order valence-corrected chi connectivity index (χ2v) is 4.30. The zero-order chi connectivity index (χ0) is 15.3. The number of alkyl halides is 3. The second kappa shape index (κ2) is 6.49. The van der Waals surface area contributed by atoms with Gasteiger partial charge in [0.25, 0.3) is 0 Å². The first-order valence-electron chi connectivity index (χ1n) is 6.23. The second-order valence-electron chi connectivity index (χ2n) is 4.30. The van der Waals surface area contributed by atoms with Crippen molar-refractivity contribution in [2.75, 3.05) is 0 Å². The third-order valence-corrected chi connectivity index (χ3v) is 2.73. The van der Waals surface area contributed by atoms with Gasteiger partial charge in [-0.2, -0.15) is 0 Å². The molecule has 2 rings (SSSR count). The molecule has 0 amide bonds. The molecule has 112 valence electrons. The number of hydrogen-bond donors (Lipinski definition) is 1. The molecular weight excluding hydrogens is 283 g/mol. The van der Waals surface area contributed by atoms with E-state index in [1.807, 2.05) is 24.3 Å². The summed E-state index contributed by atoms with van der Waals surface area (Å²) in [5, 5.41) is 0. The van der Waals surface area contributed by atoms with Crippen molar-refractivity contribution >= 4 is 0 Å². The largest absolute Gasteiger partial charge is 0.573 e. The van der Waals surface area contributed by atoms with Crippen LogP contribution in [0.4, 0.5) is 13.2 Å². The van der Waals surface area contributed by atoms with E-state index in [9.17, 15) is 13.2 Å². The number of hydrogen-bond acceptors (Lipinski definition) is 3. The molecule has 6 heteroatoms. The van der Waals surface area contributed by atoms with Gasteiger partial charge < -0.3 is 15.2 Å². The Morgan fingerprint density at radius 2 is 1.43 bits per heavy atom. The van der Waals surface area contributed by atoms with Gasteiger partial charge in [0.05, 0.1) is 0 Å². The predicted molar refractivity (Wildman–Crippen MR) is 71.8 cm³/mol. The molecule has 0 saturated carbocycles. The standard InChI is InChI=1S/C15H14F3NO2/c16-15(17,18)21-14-4-2-1-3-13(14)20-10-12-7-5-11(9-19)6-8-12/h1-8H,9-10,19H2. The lowest BCUT2D eigenvalue weighted by molar-refractivity contribution is -0.275. The Labute approximate surface area is 120 Å². The highest BCUT2D eigenvalue weighted by atomic mass is 19.4. The molecule has 0 aromatic heterocycles. The topological polar surface area (TPSA) is 44.5 Å². The van der Waals surface area contributed by atoms with Gasteiger partial charge in [-0.1, -0.05) is 36.4 Å². The number of halogens is 3. The Kier molecular flexibility index (Phi) is 4.70. The summed E-state index contributed by atoms with van der Waals surface area (Å²) in [5.74, 6) is -0.318. The Hall–Kier alpha value is -2.21. The van der Waals surface area contributed by atoms with Crippen molar-refractivity contribution in [1.82, 2.24) is 0 Å². The van der Waals surface area contributed by atoms with Crippen LogP contribution in [0, 0.1) is 0 Å². The van der Waals surface area contributed by atoms with Gasteiger partial charge in [0.15, 0.2) is 11.5 Å². The van der Waals surface area contributed by atoms with Gasteiger partial charge in [-0.3, -0.25) is 0 Å². The van der Waals surface area contributed by atoms with Crippen molar-refractivity contribution in [3.8, 4) is 11.5 Å². The van der Waals surface area contributed by atoms with Crippen LogP contribution in [0.2, 0.25) is 0 Å². The normalized spacial score (nSPS) is 11.2. The van der Waals surface area contributed by atoms with Gasteiger partial charge in [-0.25, -0.2) is 0 Å². The van der Waals surface area contributed by atoms with Gasteiger partial charge in [-0.05, 0) is 23.3 Å².